The quantitative estimate of drug-likeness (QED) is 0.888. The maximum absolute atomic E-state index is 12.7. The minimum absolute atomic E-state index is 0.0155. The summed E-state index contributed by atoms with van der Waals surface area (Å²) >= 11 is 0. The molecule has 0 radical (unpaired) electrons. The van der Waals surface area contributed by atoms with Gasteiger partial charge in [-0.25, -0.2) is 9.78 Å². The van der Waals surface area contributed by atoms with Crippen molar-refractivity contribution in [2.75, 3.05) is 23.3 Å². The van der Waals surface area contributed by atoms with Gasteiger partial charge in [0.1, 0.15) is 5.82 Å². The number of benzene rings is 1. The number of nitrogens with zero attached hydrogens (tertiary/aromatic N) is 3. The van der Waals surface area contributed by atoms with Gasteiger partial charge < -0.3 is 15.2 Å². The average molecular weight is 353 g/mol. The lowest BCUT2D eigenvalue weighted by Crippen LogP contribution is -2.38. The number of urea groups is 1. The molecule has 7 nitrogen and oxygen atoms in total. The van der Waals surface area contributed by atoms with E-state index in [1.807, 2.05) is 31.3 Å². The van der Waals surface area contributed by atoms with E-state index in [-0.39, 0.29) is 17.9 Å². The summed E-state index contributed by atoms with van der Waals surface area (Å²) in [6.07, 6.45) is 6.05. The van der Waals surface area contributed by atoms with Gasteiger partial charge in [-0.1, -0.05) is 6.07 Å². The number of rotatable bonds is 3. The average Bonchev–Trinajstić information content (AvgIpc) is 3.27. The lowest BCUT2D eigenvalue weighted by atomic mass is 9.96. The molecule has 0 bridgehead atoms. The molecular formula is C19H23N5O2. The lowest BCUT2D eigenvalue weighted by Gasteiger charge is -2.23. The Kier molecular flexibility index (Phi) is 4.36. The van der Waals surface area contributed by atoms with E-state index in [2.05, 4.69) is 20.2 Å². The summed E-state index contributed by atoms with van der Waals surface area (Å²) in [5, 5.41) is 5.86. The highest BCUT2D eigenvalue weighted by Gasteiger charge is 2.27. The van der Waals surface area contributed by atoms with Crippen molar-refractivity contribution in [3.63, 3.8) is 0 Å². The fourth-order valence-corrected chi connectivity index (χ4v) is 3.73. The minimum atomic E-state index is -0.0890. The number of anilines is 2. The second kappa shape index (κ2) is 6.82. The van der Waals surface area contributed by atoms with E-state index < -0.39 is 0 Å². The Hall–Kier alpha value is -2.83. The zero-order valence-electron chi connectivity index (χ0n) is 14.9. The van der Waals surface area contributed by atoms with Gasteiger partial charge in [-0.15, -0.1) is 0 Å². The first kappa shape index (κ1) is 16.6. The van der Waals surface area contributed by atoms with Crippen LogP contribution in [0.15, 0.2) is 30.6 Å². The summed E-state index contributed by atoms with van der Waals surface area (Å²) in [5.74, 6) is 0.909. The van der Waals surface area contributed by atoms with Crippen LogP contribution in [0.2, 0.25) is 0 Å². The van der Waals surface area contributed by atoms with Gasteiger partial charge in [0.15, 0.2) is 0 Å². The fourth-order valence-electron chi connectivity index (χ4n) is 3.73. The maximum Gasteiger partial charge on any atom is 0.321 e. The number of hydrogen-bond acceptors (Lipinski definition) is 3. The number of fused-ring (bicyclic) bond motifs is 2. The molecule has 3 amide bonds. The Balaban J connectivity index is 1.47. The number of imidazole rings is 1. The third-order valence-electron chi connectivity index (χ3n) is 5.14. The summed E-state index contributed by atoms with van der Waals surface area (Å²) in [5.41, 5.74) is 2.75. The van der Waals surface area contributed by atoms with E-state index >= 15 is 0 Å². The number of amides is 3. The van der Waals surface area contributed by atoms with Crippen molar-refractivity contribution in [1.29, 1.82) is 0 Å². The van der Waals surface area contributed by atoms with Crippen LogP contribution in [0, 0.1) is 5.92 Å². The van der Waals surface area contributed by atoms with Crippen molar-refractivity contribution in [2.45, 2.75) is 32.7 Å². The Morgan fingerprint density at radius 1 is 1.31 bits per heavy atom. The molecule has 2 aliphatic rings. The molecule has 0 saturated carbocycles. The first-order chi connectivity index (χ1) is 12.7. The number of nitrogens with one attached hydrogen (secondary N) is 2. The first-order valence-corrected chi connectivity index (χ1v) is 9.15. The van der Waals surface area contributed by atoms with Gasteiger partial charge in [0.25, 0.3) is 0 Å². The van der Waals surface area contributed by atoms with Crippen LogP contribution in [0.4, 0.5) is 16.2 Å². The third-order valence-corrected chi connectivity index (χ3v) is 5.14. The molecule has 0 aliphatic carbocycles. The number of carbonyl (C=O) groups is 2. The van der Waals surface area contributed by atoms with E-state index in [0.29, 0.717) is 19.5 Å². The predicted octanol–water partition coefficient (Wildman–Crippen LogP) is 2.18. The molecule has 1 atom stereocenters. The number of carbonyl (C=O) groups excluding carboxylic acids is 2. The normalized spacial score (nSPS) is 18.2. The SMILES string of the molecule is CCNC(=O)N1CCc2ccc(NC(=O)[C@@H]3CCn4ccnc4C3)cc21. The summed E-state index contributed by atoms with van der Waals surface area (Å²) < 4.78 is 2.10. The van der Waals surface area contributed by atoms with E-state index in [0.717, 1.165) is 42.1 Å². The Labute approximate surface area is 152 Å². The van der Waals surface area contributed by atoms with Gasteiger partial charge in [-0.05, 0) is 37.5 Å². The van der Waals surface area contributed by atoms with E-state index in [1.165, 1.54) is 0 Å². The molecule has 1 aromatic carbocycles. The molecule has 0 spiro atoms. The predicted molar refractivity (Wildman–Crippen MR) is 99.2 cm³/mol. The smallest absolute Gasteiger partial charge is 0.321 e. The number of aromatic nitrogens is 2. The molecule has 2 N–H and O–H groups in total. The van der Waals surface area contributed by atoms with Gasteiger partial charge in [0.05, 0.1) is 5.69 Å². The van der Waals surface area contributed by atoms with Crippen LogP contribution in [-0.2, 0) is 24.2 Å². The van der Waals surface area contributed by atoms with Gasteiger partial charge in [-0.2, -0.15) is 0 Å². The van der Waals surface area contributed by atoms with Crippen LogP contribution < -0.4 is 15.5 Å². The molecule has 7 heteroatoms. The largest absolute Gasteiger partial charge is 0.338 e. The van der Waals surface area contributed by atoms with Crippen molar-refractivity contribution in [1.82, 2.24) is 14.9 Å². The lowest BCUT2D eigenvalue weighted by molar-refractivity contribution is -0.120. The van der Waals surface area contributed by atoms with Crippen LogP contribution >= 0.6 is 0 Å². The highest BCUT2D eigenvalue weighted by molar-refractivity contribution is 5.97. The summed E-state index contributed by atoms with van der Waals surface area (Å²) in [7, 11) is 0. The summed E-state index contributed by atoms with van der Waals surface area (Å²) in [6.45, 7) is 3.99. The molecule has 2 aromatic rings. The molecule has 1 aromatic heterocycles. The second-order valence-corrected chi connectivity index (χ2v) is 6.80. The molecule has 3 heterocycles. The van der Waals surface area contributed by atoms with Crippen LogP contribution in [-0.4, -0.2) is 34.6 Å². The molecule has 4 rings (SSSR count). The van der Waals surface area contributed by atoms with Crippen molar-refractivity contribution in [3.05, 3.63) is 42.0 Å². The monoisotopic (exact) mass is 353 g/mol. The first-order valence-electron chi connectivity index (χ1n) is 9.15. The Morgan fingerprint density at radius 2 is 2.19 bits per heavy atom. The zero-order chi connectivity index (χ0) is 18.1. The molecule has 136 valence electrons. The van der Waals surface area contributed by atoms with Gasteiger partial charge in [-0.3, -0.25) is 9.69 Å². The van der Waals surface area contributed by atoms with E-state index in [1.54, 1.807) is 11.1 Å². The second-order valence-electron chi connectivity index (χ2n) is 6.80. The number of aryl methyl sites for hydroxylation is 1. The topological polar surface area (TPSA) is 79.3 Å². The van der Waals surface area contributed by atoms with Gasteiger partial charge in [0.2, 0.25) is 5.91 Å². The van der Waals surface area contributed by atoms with Crippen molar-refractivity contribution in [2.24, 2.45) is 5.92 Å². The number of hydrogen-bond donors (Lipinski definition) is 2. The van der Waals surface area contributed by atoms with Gasteiger partial charge >= 0.3 is 6.03 Å². The van der Waals surface area contributed by atoms with Crippen LogP contribution in [0.1, 0.15) is 24.7 Å². The highest BCUT2D eigenvalue weighted by Crippen LogP contribution is 2.31. The van der Waals surface area contributed by atoms with Crippen molar-refractivity contribution >= 4 is 23.3 Å². The van der Waals surface area contributed by atoms with Crippen molar-refractivity contribution in [3.8, 4) is 0 Å². The van der Waals surface area contributed by atoms with Crippen molar-refractivity contribution < 1.29 is 9.59 Å². The summed E-state index contributed by atoms with van der Waals surface area (Å²) in [6, 6.07) is 5.73. The third kappa shape index (κ3) is 3.05. The molecule has 2 aliphatic heterocycles. The Bertz CT molecular complexity index is 844. The molecule has 0 saturated heterocycles. The maximum atomic E-state index is 12.7. The fraction of sp³-hybridized carbons (Fsp3) is 0.421. The van der Waals surface area contributed by atoms with Crippen LogP contribution in [0.5, 0.6) is 0 Å². The Morgan fingerprint density at radius 3 is 3.04 bits per heavy atom. The van der Waals surface area contributed by atoms with Crippen LogP contribution in [0.25, 0.3) is 0 Å². The van der Waals surface area contributed by atoms with Gasteiger partial charge in [0, 0.05) is 50.1 Å². The van der Waals surface area contributed by atoms with E-state index in [4.69, 9.17) is 0 Å². The minimum Gasteiger partial charge on any atom is -0.338 e. The molecule has 26 heavy (non-hydrogen) atoms. The molecule has 0 fully saturated rings. The zero-order valence-corrected chi connectivity index (χ0v) is 14.9. The summed E-state index contributed by atoms with van der Waals surface area (Å²) in [4.78, 5) is 30.9. The van der Waals surface area contributed by atoms with Crippen LogP contribution in [0.3, 0.4) is 0 Å². The molecule has 0 unspecified atom stereocenters. The van der Waals surface area contributed by atoms with E-state index in [9.17, 15) is 9.59 Å². The standard InChI is InChI=1S/C19H23N5O2/c1-2-20-19(26)24-9-6-13-3-4-15(12-16(13)24)22-18(25)14-5-8-23-10-7-21-17(23)11-14/h3-4,7,10,12,14H,2,5-6,8-9,11H2,1H3,(H,20,26)(H,22,25)/t14-/m1/s1. The molecular weight excluding hydrogens is 330 g/mol. The highest BCUT2D eigenvalue weighted by atomic mass is 16.2.